The Bertz CT molecular complexity index is 822. The molecule has 2 heterocycles. The Balaban J connectivity index is 1.60. The minimum Gasteiger partial charge on any atom is -0.478 e. The molecule has 0 radical (unpaired) electrons. The van der Waals surface area contributed by atoms with Crippen LogP contribution in [0.2, 0.25) is 0 Å². The van der Waals surface area contributed by atoms with Crippen LogP contribution in [0.5, 0.6) is 0 Å². The van der Waals surface area contributed by atoms with Gasteiger partial charge in [-0.15, -0.1) is 0 Å². The Morgan fingerprint density at radius 2 is 1.68 bits per heavy atom. The average Bonchev–Trinajstić information content (AvgIpc) is 2.74. The lowest BCUT2D eigenvalue weighted by atomic mass is 9.95. The van der Waals surface area contributed by atoms with E-state index in [1.807, 2.05) is 11.0 Å². The van der Waals surface area contributed by atoms with E-state index in [1.165, 1.54) is 0 Å². The number of carbonyl (C=O) groups excluding carboxylic acids is 2. The van der Waals surface area contributed by atoms with Gasteiger partial charge in [-0.1, -0.05) is 20.8 Å². The minimum absolute atomic E-state index is 0.0695. The molecule has 2 N–H and O–H groups in total. The smallest absolute Gasteiger partial charge is 0.337 e. The van der Waals surface area contributed by atoms with Gasteiger partial charge < -0.3 is 25.0 Å². The second kappa shape index (κ2) is 9.65. The summed E-state index contributed by atoms with van der Waals surface area (Å²) in [5.41, 5.74) is 0.542. The molecule has 0 atom stereocenters. The molecule has 0 spiro atoms. The van der Waals surface area contributed by atoms with E-state index >= 15 is 0 Å². The Morgan fingerprint density at radius 1 is 1.03 bits per heavy atom. The van der Waals surface area contributed by atoms with E-state index in [0.717, 1.165) is 18.8 Å². The number of amides is 2. The number of benzene rings is 1. The quantitative estimate of drug-likeness (QED) is 0.724. The molecule has 170 valence electrons. The van der Waals surface area contributed by atoms with E-state index in [-0.39, 0.29) is 17.4 Å². The van der Waals surface area contributed by atoms with Crippen molar-refractivity contribution in [2.45, 2.75) is 20.8 Å². The van der Waals surface area contributed by atoms with Crippen LogP contribution < -0.4 is 10.2 Å². The predicted molar refractivity (Wildman–Crippen MR) is 118 cm³/mol. The maximum Gasteiger partial charge on any atom is 0.337 e. The van der Waals surface area contributed by atoms with Gasteiger partial charge in [-0.05, 0) is 18.2 Å². The van der Waals surface area contributed by atoms with Crippen molar-refractivity contribution in [1.82, 2.24) is 9.80 Å². The second-order valence-corrected chi connectivity index (χ2v) is 9.00. The number of ether oxygens (including phenoxy) is 1. The fourth-order valence-corrected chi connectivity index (χ4v) is 3.59. The van der Waals surface area contributed by atoms with Gasteiger partial charge >= 0.3 is 5.97 Å². The highest BCUT2D eigenvalue weighted by atomic mass is 16.5. The van der Waals surface area contributed by atoms with Crippen molar-refractivity contribution < 1.29 is 24.2 Å². The Hall–Kier alpha value is -2.65. The lowest BCUT2D eigenvalue weighted by Gasteiger charge is -2.37. The molecule has 2 fully saturated rings. The number of aromatic carboxylic acids is 1. The summed E-state index contributed by atoms with van der Waals surface area (Å²) in [6, 6.07) is 5.09. The molecule has 9 nitrogen and oxygen atoms in total. The van der Waals surface area contributed by atoms with Crippen molar-refractivity contribution in [3.8, 4) is 0 Å². The van der Waals surface area contributed by atoms with E-state index < -0.39 is 11.4 Å². The zero-order valence-electron chi connectivity index (χ0n) is 18.5. The summed E-state index contributed by atoms with van der Waals surface area (Å²) in [7, 11) is 0. The summed E-state index contributed by atoms with van der Waals surface area (Å²) >= 11 is 0. The minimum atomic E-state index is -1.08. The molecule has 2 saturated heterocycles. The normalized spacial score (nSPS) is 18.0. The zero-order chi connectivity index (χ0) is 22.6. The number of carbonyl (C=O) groups is 3. The SMILES string of the molecule is CC(C)(C)C(=O)Nc1ccc(N2CCN(CC(=O)N3CCOCC3)CC2)cc1C(=O)O. The molecule has 1 aromatic rings. The number of piperazine rings is 1. The van der Waals surface area contributed by atoms with Gasteiger partial charge in [0.05, 0.1) is 31.0 Å². The van der Waals surface area contributed by atoms with Gasteiger partial charge in [0, 0.05) is 50.4 Å². The molecule has 2 amide bonds. The molecule has 2 aliphatic rings. The maximum atomic E-state index is 12.4. The van der Waals surface area contributed by atoms with Gasteiger partial charge in [-0.2, -0.15) is 0 Å². The van der Waals surface area contributed by atoms with Crippen molar-refractivity contribution in [2.24, 2.45) is 5.41 Å². The predicted octanol–water partition coefficient (Wildman–Crippen LogP) is 1.35. The van der Waals surface area contributed by atoms with Crippen LogP contribution in [-0.4, -0.2) is 91.7 Å². The van der Waals surface area contributed by atoms with E-state index in [0.29, 0.717) is 51.6 Å². The van der Waals surface area contributed by atoms with Crippen LogP contribution in [0.25, 0.3) is 0 Å². The summed E-state index contributed by atoms with van der Waals surface area (Å²) in [5, 5.41) is 12.4. The van der Waals surface area contributed by atoms with Crippen LogP contribution in [0, 0.1) is 5.41 Å². The number of hydrogen-bond donors (Lipinski definition) is 2. The van der Waals surface area contributed by atoms with Crippen molar-refractivity contribution in [2.75, 3.05) is 69.2 Å². The number of carboxylic acids is 1. The van der Waals surface area contributed by atoms with E-state index in [1.54, 1.807) is 32.9 Å². The molecule has 0 unspecified atom stereocenters. The average molecular weight is 433 g/mol. The summed E-state index contributed by atoms with van der Waals surface area (Å²) < 4.78 is 5.30. The summed E-state index contributed by atoms with van der Waals surface area (Å²) in [5.74, 6) is -1.19. The van der Waals surface area contributed by atoms with Gasteiger partial charge in [-0.25, -0.2) is 4.79 Å². The largest absolute Gasteiger partial charge is 0.478 e. The molecule has 0 aromatic heterocycles. The van der Waals surface area contributed by atoms with Crippen LogP contribution >= 0.6 is 0 Å². The first kappa shape index (κ1) is 23.0. The molecule has 2 aliphatic heterocycles. The Kier molecular flexibility index (Phi) is 7.17. The van der Waals surface area contributed by atoms with Gasteiger partial charge in [-0.3, -0.25) is 14.5 Å². The fraction of sp³-hybridized carbons (Fsp3) is 0.591. The van der Waals surface area contributed by atoms with Crippen molar-refractivity contribution in [3.05, 3.63) is 23.8 Å². The van der Waals surface area contributed by atoms with E-state index in [9.17, 15) is 19.5 Å². The summed E-state index contributed by atoms with van der Waals surface area (Å²) in [6.07, 6.45) is 0. The molecular weight excluding hydrogens is 400 g/mol. The fourth-order valence-electron chi connectivity index (χ4n) is 3.59. The third-order valence-corrected chi connectivity index (χ3v) is 5.62. The number of anilines is 2. The summed E-state index contributed by atoms with van der Waals surface area (Å²) in [6.45, 7) is 11.1. The van der Waals surface area contributed by atoms with Crippen molar-refractivity contribution in [1.29, 1.82) is 0 Å². The van der Waals surface area contributed by atoms with Crippen LogP contribution in [0.3, 0.4) is 0 Å². The highest BCUT2D eigenvalue weighted by molar-refractivity contribution is 6.02. The van der Waals surface area contributed by atoms with Gasteiger partial charge in [0.2, 0.25) is 11.8 Å². The Labute approximate surface area is 182 Å². The van der Waals surface area contributed by atoms with Crippen molar-refractivity contribution >= 4 is 29.2 Å². The number of nitrogens with one attached hydrogen (secondary N) is 1. The molecule has 0 bridgehead atoms. The second-order valence-electron chi connectivity index (χ2n) is 9.00. The third kappa shape index (κ3) is 5.95. The molecule has 3 rings (SSSR count). The number of nitrogens with zero attached hydrogens (tertiary/aromatic N) is 3. The highest BCUT2D eigenvalue weighted by Crippen LogP contribution is 2.26. The molecular formula is C22H32N4O5. The topological polar surface area (TPSA) is 102 Å². The van der Waals surface area contributed by atoms with Crippen LogP contribution in [0.15, 0.2) is 18.2 Å². The summed E-state index contributed by atoms with van der Waals surface area (Å²) in [4.78, 5) is 42.6. The maximum absolute atomic E-state index is 12.4. The van der Waals surface area contributed by atoms with E-state index in [4.69, 9.17) is 4.74 Å². The number of rotatable bonds is 5. The zero-order valence-corrected chi connectivity index (χ0v) is 18.5. The molecule has 31 heavy (non-hydrogen) atoms. The Morgan fingerprint density at radius 3 is 2.26 bits per heavy atom. The van der Waals surface area contributed by atoms with Crippen LogP contribution in [-0.2, 0) is 14.3 Å². The van der Waals surface area contributed by atoms with Crippen LogP contribution in [0.4, 0.5) is 11.4 Å². The van der Waals surface area contributed by atoms with Gasteiger partial charge in [0.25, 0.3) is 0 Å². The third-order valence-electron chi connectivity index (χ3n) is 5.62. The first-order chi connectivity index (χ1) is 14.6. The van der Waals surface area contributed by atoms with Crippen LogP contribution in [0.1, 0.15) is 31.1 Å². The molecule has 9 heteroatoms. The number of morpholine rings is 1. The van der Waals surface area contributed by atoms with Gasteiger partial charge in [0.1, 0.15) is 0 Å². The monoisotopic (exact) mass is 432 g/mol. The van der Waals surface area contributed by atoms with E-state index in [2.05, 4.69) is 15.1 Å². The first-order valence-electron chi connectivity index (χ1n) is 10.7. The number of carboxylic acid groups (broad SMARTS) is 1. The molecule has 1 aromatic carbocycles. The first-order valence-corrected chi connectivity index (χ1v) is 10.7. The molecule has 0 saturated carbocycles. The lowest BCUT2D eigenvalue weighted by Crippen LogP contribution is -2.51. The lowest BCUT2D eigenvalue weighted by molar-refractivity contribution is -0.136. The standard InChI is InChI=1S/C22H32N4O5/c1-22(2,3)21(30)23-18-5-4-16(14-17(18)20(28)29)25-8-6-24(7-9-25)15-19(27)26-10-12-31-13-11-26/h4-5,14H,6-13,15H2,1-3H3,(H,23,30)(H,28,29). The molecule has 0 aliphatic carbocycles. The van der Waals surface area contributed by atoms with Gasteiger partial charge in [0.15, 0.2) is 0 Å². The van der Waals surface area contributed by atoms with Crippen molar-refractivity contribution in [3.63, 3.8) is 0 Å². The number of hydrogen-bond acceptors (Lipinski definition) is 6. The highest BCUT2D eigenvalue weighted by Gasteiger charge is 2.26.